The van der Waals surface area contributed by atoms with Gasteiger partial charge < -0.3 is 31.7 Å². The fourth-order valence-electron chi connectivity index (χ4n) is 1.75. The topological polar surface area (TPSA) is 160 Å². The summed E-state index contributed by atoms with van der Waals surface area (Å²) < 4.78 is 5.30. The van der Waals surface area contributed by atoms with Gasteiger partial charge in [-0.1, -0.05) is 0 Å². The third kappa shape index (κ3) is 2.37. The second kappa shape index (κ2) is 4.80. The Morgan fingerprint density at radius 1 is 1.56 bits per heavy atom. The highest BCUT2D eigenvalue weighted by molar-refractivity contribution is 5.61. The van der Waals surface area contributed by atoms with Gasteiger partial charge in [-0.3, -0.25) is 9.78 Å². The van der Waals surface area contributed by atoms with Gasteiger partial charge in [-0.2, -0.15) is 4.98 Å². The van der Waals surface area contributed by atoms with Crippen LogP contribution in [-0.4, -0.2) is 45.2 Å². The van der Waals surface area contributed by atoms with Gasteiger partial charge in [0.25, 0.3) is 5.56 Å². The molecule has 9 heteroatoms. The van der Waals surface area contributed by atoms with Crippen molar-refractivity contribution in [3.05, 3.63) is 10.4 Å². The largest absolute Gasteiger partial charge is 0.394 e. The van der Waals surface area contributed by atoms with Gasteiger partial charge in [0.05, 0.1) is 12.7 Å². The number of hydrogen-bond donors (Lipinski definition) is 6. The van der Waals surface area contributed by atoms with Gasteiger partial charge in [0.2, 0.25) is 5.95 Å². The van der Waals surface area contributed by atoms with Crippen molar-refractivity contribution in [2.75, 3.05) is 23.4 Å². The van der Waals surface area contributed by atoms with E-state index in [2.05, 4.69) is 15.3 Å². The zero-order valence-electron chi connectivity index (χ0n) is 9.46. The van der Waals surface area contributed by atoms with Gasteiger partial charge in [0, 0.05) is 6.42 Å². The molecule has 0 bridgehead atoms. The van der Waals surface area contributed by atoms with E-state index in [-0.39, 0.29) is 30.5 Å². The normalized spacial score (nSPS) is 27.3. The first kappa shape index (κ1) is 12.6. The van der Waals surface area contributed by atoms with Crippen LogP contribution in [0.4, 0.5) is 17.5 Å². The first-order chi connectivity index (χ1) is 8.51. The van der Waals surface area contributed by atoms with Gasteiger partial charge >= 0.3 is 0 Å². The maximum Gasteiger partial charge on any atom is 0.277 e. The number of nitrogens with zero attached hydrogens (tertiary/aromatic N) is 1. The van der Waals surface area contributed by atoms with E-state index < -0.39 is 24.0 Å². The van der Waals surface area contributed by atoms with E-state index in [0.29, 0.717) is 0 Å². The Labute approximate surface area is 102 Å². The van der Waals surface area contributed by atoms with Crippen molar-refractivity contribution in [3.8, 4) is 0 Å². The van der Waals surface area contributed by atoms with Crippen LogP contribution >= 0.6 is 0 Å². The highest BCUT2D eigenvalue weighted by Gasteiger charge is 2.33. The lowest BCUT2D eigenvalue weighted by Gasteiger charge is -2.15. The standard InChI is InChI=1S/C9H15N5O4/c10-6-7(13-9(11)14-8(6)17)12-5-1-3(16)4(2-15)18-5/h3-5,15-16H,1-2,10H2,(H4,11,12,13,14,17). The number of nitrogens with two attached hydrogens (primary N) is 2. The van der Waals surface area contributed by atoms with Crippen LogP contribution in [0.1, 0.15) is 6.42 Å². The fourth-order valence-corrected chi connectivity index (χ4v) is 1.75. The summed E-state index contributed by atoms with van der Waals surface area (Å²) in [6, 6.07) is 0. The van der Waals surface area contributed by atoms with Crippen LogP contribution in [0.25, 0.3) is 0 Å². The van der Waals surface area contributed by atoms with Gasteiger partial charge in [0.15, 0.2) is 5.82 Å². The summed E-state index contributed by atoms with van der Waals surface area (Å²) in [5, 5.41) is 21.2. The van der Waals surface area contributed by atoms with E-state index in [1.54, 1.807) is 0 Å². The molecule has 100 valence electrons. The summed E-state index contributed by atoms with van der Waals surface area (Å²) in [4.78, 5) is 17.4. The number of anilines is 3. The quantitative estimate of drug-likeness (QED) is 0.356. The van der Waals surface area contributed by atoms with Crippen molar-refractivity contribution in [3.63, 3.8) is 0 Å². The van der Waals surface area contributed by atoms with E-state index in [4.69, 9.17) is 21.3 Å². The summed E-state index contributed by atoms with van der Waals surface area (Å²) in [7, 11) is 0. The molecule has 1 saturated heterocycles. The van der Waals surface area contributed by atoms with E-state index in [1.807, 2.05) is 0 Å². The zero-order chi connectivity index (χ0) is 13.3. The van der Waals surface area contributed by atoms with Crippen LogP contribution in [0.2, 0.25) is 0 Å². The van der Waals surface area contributed by atoms with Crippen LogP contribution < -0.4 is 22.3 Å². The van der Waals surface area contributed by atoms with E-state index >= 15 is 0 Å². The number of rotatable bonds is 3. The molecule has 0 aromatic carbocycles. The molecular formula is C9H15N5O4. The van der Waals surface area contributed by atoms with Crippen LogP contribution in [0.5, 0.6) is 0 Å². The second-order valence-electron chi connectivity index (χ2n) is 4.01. The van der Waals surface area contributed by atoms with Crippen molar-refractivity contribution in [1.29, 1.82) is 0 Å². The minimum Gasteiger partial charge on any atom is -0.394 e. The van der Waals surface area contributed by atoms with Crippen LogP contribution in [0.15, 0.2) is 4.79 Å². The minimum atomic E-state index is -0.784. The number of hydrogen-bond acceptors (Lipinski definition) is 8. The molecular weight excluding hydrogens is 242 g/mol. The fraction of sp³-hybridized carbons (Fsp3) is 0.556. The van der Waals surface area contributed by atoms with Crippen LogP contribution in [0, 0.1) is 0 Å². The number of aliphatic hydroxyl groups excluding tert-OH is 2. The molecule has 8 N–H and O–H groups in total. The molecule has 0 radical (unpaired) electrons. The molecule has 1 aromatic rings. The number of H-pyrrole nitrogens is 1. The van der Waals surface area contributed by atoms with Gasteiger partial charge in [-0.05, 0) is 0 Å². The number of nitrogen functional groups attached to an aromatic ring is 2. The highest BCUT2D eigenvalue weighted by Crippen LogP contribution is 2.22. The van der Waals surface area contributed by atoms with Crippen molar-refractivity contribution in [2.24, 2.45) is 0 Å². The summed E-state index contributed by atoms with van der Waals surface area (Å²) >= 11 is 0. The summed E-state index contributed by atoms with van der Waals surface area (Å²) in [6.45, 7) is -0.292. The summed E-state index contributed by atoms with van der Waals surface area (Å²) in [5.41, 5.74) is 10.3. The molecule has 9 nitrogen and oxygen atoms in total. The number of ether oxygens (including phenoxy) is 1. The summed E-state index contributed by atoms with van der Waals surface area (Å²) in [5.74, 6) is 0.0148. The van der Waals surface area contributed by atoms with Gasteiger partial charge in [0.1, 0.15) is 18.0 Å². The molecule has 1 fully saturated rings. The highest BCUT2D eigenvalue weighted by atomic mass is 16.5. The molecule has 0 amide bonds. The van der Waals surface area contributed by atoms with Gasteiger partial charge in [-0.25, -0.2) is 0 Å². The van der Waals surface area contributed by atoms with E-state index in [0.717, 1.165) is 0 Å². The smallest absolute Gasteiger partial charge is 0.277 e. The Morgan fingerprint density at radius 2 is 2.28 bits per heavy atom. The number of aromatic amines is 1. The maximum absolute atomic E-state index is 11.3. The minimum absolute atomic E-state index is 0.0750. The predicted octanol–water partition coefficient (Wildman–Crippen LogP) is -2.19. The first-order valence-electron chi connectivity index (χ1n) is 5.37. The third-order valence-electron chi connectivity index (χ3n) is 2.68. The molecule has 1 aliphatic heterocycles. The molecule has 0 saturated carbocycles. The molecule has 18 heavy (non-hydrogen) atoms. The molecule has 0 aliphatic carbocycles. The zero-order valence-corrected chi connectivity index (χ0v) is 9.46. The third-order valence-corrected chi connectivity index (χ3v) is 2.68. The van der Waals surface area contributed by atoms with Crippen LogP contribution in [-0.2, 0) is 4.74 Å². The van der Waals surface area contributed by atoms with Crippen molar-refractivity contribution in [2.45, 2.75) is 24.9 Å². The lowest BCUT2D eigenvalue weighted by molar-refractivity contribution is -0.0149. The monoisotopic (exact) mass is 257 g/mol. The van der Waals surface area contributed by atoms with Crippen LogP contribution in [0.3, 0.4) is 0 Å². The predicted molar refractivity (Wildman–Crippen MR) is 63.7 cm³/mol. The van der Waals surface area contributed by atoms with Crippen molar-refractivity contribution >= 4 is 17.5 Å². The van der Waals surface area contributed by atoms with Crippen molar-refractivity contribution in [1.82, 2.24) is 9.97 Å². The molecule has 2 heterocycles. The number of nitrogens with one attached hydrogen (secondary N) is 2. The Balaban J connectivity index is 2.14. The average molecular weight is 257 g/mol. The molecule has 1 aliphatic rings. The lowest BCUT2D eigenvalue weighted by Crippen LogP contribution is -2.26. The molecule has 1 aromatic heterocycles. The number of aromatic nitrogens is 2. The maximum atomic E-state index is 11.3. The Morgan fingerprint density at radius 3 is 2.89 bits per heavy atom. The first-order valence-corrected chi connectivity index (χ1v) is 5.37. The van der Waals surface area contributed by atoms with E-state index in [9.17, 15) is 9.90 Å². The van der Waals surface area contributed by atoms with E-state index in [1.165, 1.54) is 0 Å². The molecule has 3 unspecified atom stereocenters. The lowest BCUT2D eigenvalue weighted by atomic mass is 10.2. The molecule has 2 rings (SSSR count). The Bertz CT molecular complexity index is 490. The van der Waals surface area contributed by atoms with Crippen molar-refractivity contribution < 1.29 is 14.9 Å². The summed E-state index contributed by atoms with van der Waals surface area (Å²) in [6.07, 6.45) is -1.79. The Kier molecular flexibility index (Phi) is 3.36. The molecule has 3 atom stereocenters. The second-order valence-corrected chi connectivity index (χ2v) is 4.01. The number of aliphatic hydroxyl groups is 2. The molecule has 0 spiro atoms. The average Bonchev–Trinajstić information content (AvgIpc) is 2.65. The van der Waals surface area contributed by atoms with Gasteiger partial charge in [-0.15, -0.1) is 0 Å². The Hall–Kier alpha value is -1.84. The SMILES string of the molecule is Nc1nc(NC2CC(O)C(CO)O2)c(N)c(=O)[nH]1.